The van der Waals surface area contributed by atoms with Crippen LogP contribution in [0, 0.1) is 0 Å². The van der Waals surface area contributed by atoms with E-state index in [2.05, 4.69) is 203 Å². The Kier molecular flexibility index (Phi) is 7.20. The normalized spacial score (nSPS) is 11.8. The van der Waals surface area contributed by atoms with Crippen molar-refractivity contribution in [2.24, 2.45) is 0 Å². The van der Waals surface area contributed by atoms with Gasteiger partial charge in [0.05, 0.1) is 33.1 Å². The third kappa shape index (κ3) is 4.95. The number of hydrogen-bond acceptors (Lipinski definition) is 2. The second-order valence-electron chi connectivity index (χ2n) is 15.0. The van der Waals surface area contributed by atoms with E-state index in [9.17, 15) is 0 Å². The molecule has 0 unspecified atom stereocenters. The minimum Gasteiger partial charge on any atom is -0.309 e. The highest BCUT2D eigenvalue weighted by atomic mass is 15.1. The van der Waals surface area contributed by atoms with Gasteiger partial charge >= 0.3 is 0 Å². The first-order chi connectivity index (χ1) is 28.8. The Balaban J connectivity index is 1.20. The van der Waals surface area contributed by atoms with Gasteiger partial charge in [0.2, 0.25) is 0 Å². The molecule has 12 rings (SSSR count). The Labute approximate surface area is 333 Å². The summed E-state index contributed by atoms with van der Waals surface area (Å²) in [6, 6.07) is 73.7. The van der Waals surface area contributed by atoms with Gasteiger partial charge in [-0.2, -0.15) is 0 Å². The molecule has 3 aromatic heterocycles. The third-order valence-corrected chi connectivity index (χ3v) is 11.7. The van der Waals surface area contributed by atoms with Crippen LogP contribution in [-0.4, -0.2) is 19.1 Å². The maximum Gasteiger partial charge on any atom is 0.165 e. The average molecular weight is 739 g/mol. The number of aromatic nitrogens is 4. The number of benzene rings is 8. The zero-order chi connectivity index (χ0) is 38.2. The predicted octanol–water partition coefficient (Wildman–Crippen LogP) is 14.1. The summed E-state index contributed by atoms with van der Waals surface area (Å²) >= 11 is 0. The second-order valence-corrected chi connectivity index (χ2v) is 15.0. The van der Waals surface area contributed by atoms with Crippen LogP contribution in [0.1, 0.15) is 0 Å². The molecule has 3 heterocycles. The van der Waals surface area contributed by atoms with Crippen molar-refractivity contribution in [3.63, 3.8) is 0 Å². The summed E-state index contributed by atoms with van der Waals surface area (Å²) in [5.74, 6) is 0.782. The van der Waals surface area contributed by atoms with Crippen molar-refractivity contribution in [2.45, 2.75) is 0 Å². The van der Waals surface area contributed by atoms with E-state index >= 15 is 0 Å². The van der Waals surface area contributed by atoms with Crippen LogP contribution in [0.2, 0.25) is 0 Å². The predicted molar refractivity (Wildman–Crippen MR) is 244 cm³/mol. The summed E-state index contributed by atoms with van der Waals surface area (Å²) in [4.78, 5) is 10.9. The van der Waals surface area contributed by atoms with E-state index in [1.807, 2.05) is 12.1 Å². The summed E-state index contributed by atoms with van der Waals surface area (Å²) in [7, 11) is 0. The quantitative estimate of drug-likeness (QED) is 0.169. The minimum atomic E-state index is 0.782. The molecular formula is C54H34N4. The molecule has 270 valence electrons. The van der Waals surface area contributed by atoms with Gasteiger partial charge in [-0.3, -0.25) is 4.57 Å². The number of hydrogen-bond donors (Lipinski definition) is 0. The van der Waals surface area contributed by atoms with E-state index in [-0.39, 0.29) is 0 Å². The minimum absolute atomic E-state index is 0.782. The van der Waals surface area contributed by atoms with Crippen LogP contribution in [0.25, 0.3) is 110 Å². The molecule has 0 N–H and O–H groups in total. The van der Waals surface area contributed by atoms with Crippen LogP contribution in [0.4, 0.5) is 0 Å². The SMILES string of the molecule is c1ccccc2c(ccc1)c1ccc(-n3c4ccccc4c4c5ccccc5ccc43)cc1n2-c1nc2ccccc2nc1-c1ccc2c(ccc3ccccc32)c1. The smallest absolute Gasteiger partial charge is 0.165 e. The van der Waals surface area contributed by atoms with E-state index in [0.717, 1.165) is 55.6 Å². The first-order valence-electron chi connectivity index (χ1n) is 19.8. The standard InChI is InChI=1S/C54H34N4/c1-2-4-6-23-48-43(19-5-3-1)44-31-29-39(57-49-24-14-11-20-45(49)52-42-18-10-8-16-36(42)28-32-50(52)57)34-51(44)58(48)54-53(55-46-21-12-13-22-47(46)56-54)38-27-30-41-37(33-38)26-25-35-15-7-9-17-40(35)41/h1-34H. The fourth-order valence-electron chi connectivity index (χ4n) is 9.10. The Hall–Kier alpha value is -7.82. The number of rotatable bonds is 3. The molecule has 0 saturated heterocycles. The molecule has 0 aliphatic carbocycles. The lowest BCUT2D eigenvalue weighted by Gasteiger charge is -2.15. The molecule has 4 heteroatoms. The highest BCUT2D eigenvalue weighted by Crippen LogP contribution is 2.40. The Morgan fingerprint density at radius 3 is 1.71 bits per heavy atom. The van der Waals surface area contributed by atoms with Gasteiger partial charge in [0.15, 0.2) is 5.82 Å². The molecule has 0 amide bonds. The lowest BCUT2D eigenvalue weighted by molar-refractivity contribution is 1.08. The number of nitrogens with zero attached hydrogens (tertiary/aromatic N) is 4. The van der Waals surface area contributed by atoms with Crippen molar-refractivity contribution in [1.29, 1.82) is 0 Å². The molecule has 0 atom stereocenters. The van der Waals surface area contributed by atoms with Crippen molar-refractivity contribution < 1.29 is 0 Å². The highest BCUT2D eigenvalue weighted by Gasteiger charge is 2.21. The molecule has 0 radical (unpaired) electrons. The van der Waals surface area contributed by atoms with E-state index in [1.54, 1.807) is 0 Å². The van der Waals surface area contributed by atoms with Crippen LogP contribution in [-0.2, 0) is 0 Å². The van der Waals surface area contributed by atoms with E-state index in [0.29, 0.717) is 0 Å². The fourth-order valence-corrected chi connectivity index (χ4v) is 9.10. The Morgan fingerprint density at radius 1 is 0.310 bits per heavy atom. The number of para-hydroxylation sites is 3. The largest absolute Gasteiger partial charge is 0.309 e. The monoisotopic (exact) mass is 738 g/mol. The van der Waals surface area contributed by atoms with Crippen molar-refractivity contribution in [1.82, 2.24) is 19.1 Å². The molecule has 0 saturated carbocycles. The number of fused-ring (bicyclic) bond motifs is 12. The van der Waals surface area contributed by atoms with Gasteiger partial charge in [0, 0.05) is 32.8 Å². The van der Waals surface area contributed by atoms with Gasteiger partial charge in [0.25, 0.3) is 0 Å². The molecule has 12 aromatic rings. The molecule has 0 aliphatic rings. The summed E-state index contributed by atoms with van der Waals surface area (Å²) in [5, 5.41) is 12.1. The maximum atomic E-state index is 5.51. The second kappa shape index (κ2) is 12.9. The fraction of sp³-hybridized carbons (Fsp3) is 0. The summed E-state index contributed by atoms with van der Waals surface area (Å²) < 4.78 is 4.75. The van der Waals surface area contributed by atoms with Crippen LogP contribution < -0.4 is 0 Å². The van der Waals surface area contributed by atoms with Gasteiger partial charge in [0.1, 0.15) is 5.69 Å². The topological polar surface area (TPSA) is 35.6 Å². The molecule has 58 heavy (non-hydrogen) atoms. The van der Waals surface area contributed by atoms with Crippen LogP contribution >= 0.6 is 0 Å². The molecule has 0 aliphatic heterocycles. The first kappa shape index (κ1) is 32.4. The Morgan fingerprint density at radius 2 is 0.862 bits per heavy atom. The molecule has 9 aromatic carbocycles. The van der Waals surface area contributed by atoms with Crippen LogP contribution in [0.15, 0.2) is 206 Å². The van der Waals surface area contributed by atoms with Crippen molar-refractivity contribution in [2.75, 3.05) is 0 Å². The van der Waals surface area contributed by atoms with Gasteiger partial charge in [-0.15, -0.1) is 0 Å². The van der Waals surface area contributed by atoms with Crippen molar-refractivity contribution in [3.05, 3.63) is 206 Å². The van der Waals surface area contributed by atoms with Crippen molar-refractivity contribution in [3.8, 4) is 22.8 Å². The summed E-state index contributed by atoms with van der Waals surface area (Å²) in [6.07, 6.45) is 0. The zero-order valence-electron chi connectivity index (χ0n) is 31.4. The van der Waals surface area contributed by atoms with Crippen molar-refractivity contribution >= 4 is 87.0 Å². The maximum absolute atomic E-state index is 5.51. The summed E-state index contributed by atoms with van der Waals surface area (Å²) in [5.41, 5.74) is 9.05. The molecule has 0 fully saturated rings. The van der Waals surface area contributed by atoms with Gasteiger partial charge in [-0.05, 0) is 80.8 Å². The summed E-state index contributed by atoms with van der Waals surface area (Å²) in [6.45, 7) is 0. The lowest BCUT2D eigenvalue weighted by Crippen LogP contribution is -2.04. The van der Waals surface area contributed by atoms with Gasteiger partial charge in [-0.25, -0.2) is 9.97 Å². The average Bonchev–Trinajstić information content (AvgIpc) is 3.79. The van der Waals surface area contributed by atoms with E-state index in [1.165, 1.54) is 54.1 Å². The molecule has 4 nitrogen and oxygen atoms in total. The molecular weight excluding hydrogens is 705 g/mol. The van der Waals surface area contributed by atoms with Gasteiger partial charge in [-0.1, -0.05) is 158 Å². The van der Waals surface area contributed by atoms with E-state index in [4.69, 9.17) is 9.97 Å². The van der Waals surface area contributed by atoms with Crippen LogP contribution in [0.5, 0.6) is 0 Å². The highest BCUT2D eigenvalue weighted by molar-refractivity contribution is 6.21. The van der Waals surface area contributed by atoms with Crippen LogP contribution in [0.3, 0.4) is 0 Å². The first-order valence-corrected chi connectivity index (χ1v) is 19.8. The zero-order valence-corrected chi connectivity index (χ0v) is 31.4. The van der Waals surface area contributed by atoms with Gasteiger partial charge < -0.3 is 4.57 Å². The third-order valence-electron chi connectivity index (χ3n) is 11.7. The molecule has 0 bridgehead atoms. The lowest BCUT2D eigenvalue weighted by atomic mass is 9.99. The van der Waals surface area contributed by atoms with E-state index < -0.39 is 0 Å². The molecule has 0 spiro atoms. The Bertz CT molecular complexity index is 3700.